The fourth-order valence-corrected chi connectivity index (χ4v) is 2.28. The Balaban J connectivity index is 1.76. The lowest BCUT2D eigenvalue weighted by atomic mass is 9.90. The lowest BCUT2D eigenvalue weighted by molar-refractivity contribution is -0.120. The quantitative estimate of drug-likeness (QED) is 0.934. The highest BCUT2D eigenvalue weighted by molar-refractivity contribution is 5.62. The Kier molecular flexibility index (Phi) is 3.51. The second-order valence-electron chi connectivity index (χ2n) is 5.90. The lowest BCUT2D eigenvalue weighted by Gasteiger charge is -2.37. The molecule has 5 nitrogen and oxygen atoms in total. The van der Waals surface area contributed by atoms with Gasteiger partial charge in [0, 0.05) is 11.0 Å². The van der Waals surface area contributed by atoms with Crippen LogP contribution in [0.4, 0.5) is 5.82 Å². The van der Waals surface area contributed by atoms with Crippen LogP contribution < -0.4 is 10.5 Å². The third-order valence-electron chi connectivity index (χ3n) is 3.60. The molecular formula is C16H19N3O2. The SMILES string of the molecule is Cc1cc(-c2cncc(N)n2)ccc1OCC1(C)COC1. The molecular weight excluding hydrogens is 266 g/mol. The van der Waals surface area contributed by atoms with E-state index in [1.807, 2.05) is 25.1 Å². The van der Waals surface area contributed by atoms with E-state index in [4.69, 9.17) is 15.2 Å². The number of hydrogen-bond donors (Lipinski definition) is 1. The first-order valence-corrected chi connectivity index (χ1v) is 6.95. The van der Waals surface area contributed by atoms with Crippen LogP contribution in [0.3, 0.4) is 0 Å². The van der Waals surface area contributed by atoms with E-state index in [9.17, 15) is 0 Å². The van der Waals surface area contributed by atoms with Gasteiger partial charge in [0.05, 0.1) is 37.9 Å². The fourth-order valence-electron chi connectivity index (χ4n) is 2.28. The largest absolute Gasteiger partial charge is 0.493 e. The third-order valence-corrected chi connectivity index (χ3v) is 3.60. The summed E-state index contributed by atoms with van der Waals surface area (Å²) in [6.07, 6.45) is 3.24. The topological polar surface area (TPSA) is 70.3 Å². The van der Waals surface area contributed by atoms with Gasteiger partial charge in [-0.1, -0.05) is 6.92 Å². The van der Waals surface area contributed by atoms with Crippen molar-refractivity contribution in [2.75, 3.05) is 25.6 Å². The monoisotopic (exact) mass is 285 g/mol. The molecule has 1 aliphatic heterocycles. The Morgan fingerprint density at radius 2 is 2.14 bits per heavy atom. The second-order valence-corrected chi connectivity index (χ2v) is 5.90. The molecule has 0 saturated carbocycles. The Labute approximate surface area is 124 Å². The average Bonchev–Trinajstić information content (AvgIpc) is 2.44. The molecule has 110 valence electrons. The number of nitrogens with zero attached hydrogens (tertiary/aromatic N) is 2. The summed E-state index contributed by atoms with van der Waals surface area (Å²) in [4.78, 5) is 8.35. The van der Waals surface area contributed by atoms with Crippen molar-refractivity contribution in [3.8, 4) is 17.0 Å². The van der Waals surface area contributed by atoms with Crippen molar-refractivity contribution in [1.29, 1.82) is 0 Å². The molecule has 2 aromatic rings. The van der Waals surface area contributed by atoms with Gasteiger partial charge in [-0.3, -0.25) is 4.98 Å². The van der Waals surface area contributed by atoms with E-state index in [0.717, 1.165) is 35.8 Å². The molecule has 1 fully saturated rings. The van der Waals surface area contributed by atoms with Crippen LogP contribution in [-0.4, -0.2) is 29.8 Å². The maximum absolute atomic E-state index is 5.92. The summed E-state index contributed by atoms with van der Waals surface area (Å²) in [5.74, 6) is 1.31. The van der Waals surface area contributed by atoms with Crippen LogP contribution in [0.2, 0.25) is 0 Å². The number of benzene rings is 1. The maximum atomic E-state index is 5.92. The number of nitrogen functional groups attached to an aromatic ring is 1. The number of aryl methyl sites for hydroxylation is 1. The van der Waals surface area contributed by atoms with Crippen LogP contribution in [0.25, 0.3) is 11.3 Å². The molecule has 0 amide bonds. The smallest absolute Gasteiger partial charge is 0.142 e. The van der Waals surface area contributed by atoms with Gasteiger partial charge in [-0.2, -0.15) is 0 Å². The molecule has 1 saturated heterocycles. The van der Waals surface area contributed by atoms with E-state index < -0.39 is 0 Å². The molecule has 0 unspecified atom stereocenters. The van der Waals surface area contributed by atoms with Gasteiger partial charge < -0.3 is 15.2 Å². The van der Waals surface area contributed by atoms with Crippen LogP contribution in [-0.2, 0) is 4.74 Å². The zero-order valence-electron chi connectivity index (χ0n) is 12.3. The highest BCUT2D eigenvalue weighted by Gasteiger charge is 2.34. The van der Waals surface area contributed by atoms with Crippen LogP contribution >= 0.6 is 0 Å². The molecule has 0 aliphatic carbocycles. The molecule has 0 atom stereocenters. The summed E-state index contributed by atoms with van der Waals surface area (Å²) in [5, 5.41) is 0. The molecule has 0 bridgehead atoms. The van der Waals surface area contributed by atoms with Crippen molar-refractivity contribution >= 4 is 5.82 Å². The molecule has 1 aromatic heterocycles. The number of rotatable bonds is 4. The molecule has 21 heavy (non-hydrogen) atoms. The van der Waals surface area contributed by atoms with Crippen molar-refractivity contribution < 1.29 is 9.47 Å². The predicted octanol–water partition coefficient (Wildman–Crippen LogP) is 2.45. The van der Waals surface area contributed by atoms with E-state index in [-0.39, 0.29) is 5.41 Å². The number of ether oxygens (including phenoxy) is 2. The number of hydrogen-bond acceptors (Lipinski definition) is 5. The molecule has 1 aromatic carbocycles. The van der Waals surface area contributed by atoms with Gasteiger partial charge in [-0.05, 0) is 30.7 Å². The standard InChI is InChI=1S/C16H19N3O2/c1-11-5-12(13-6-18-7-15(17)19-13)3-4-14(11)21-10-16(2)8-20-9-16/h3-7H,8-10H2,1-2H3,(H2,17,19). The summed E-state index contributed by atoms with van der Waals surface area (Å²) in [6, 6.07) is 5.99. The van der Waals surface area contributed by atoms with Gasteiger partial charge in [0.25, 0.3) is 0 Å². The Morgan fingerprint density at radius 3 is 2.76 bits per heavy atom. The van der Waals surface area contributed by atoms with Crippen molar-refractivity contribution in [1.82, 2.24) is 9.97 Å². The highest BCUT2D eigenvalue weighted by Crippen LogP contribution is 2.30. The van der Waals surface area contributed by atoms with Gasteiger partial charge in [-0.25, -0.2) is 4.98 Å². The van der Waals surface area contributed by atoms with E-state index >= 15 is 0 Å². The molecule has 5 heteroatoms. The second kappa shape index (κ2) is 5.33. The molecule has 1 aliphatic rings. The molecule has 2 N–H and O–H groups in total. The van der Waals surface area contributed by atoms with Gasteiger partial charge in [-0.15, -0.1) is 0 Å². The van der Waals surface area contributed by atoms with Gasteiger partial charge in [0.15, 0.2) is 0 Å². The summed E-state index contributed by atoms with van der Waals surface area (Å²) >= 11 is 0. The number of aromatic nitrogens is 2. The molecule has 2 heterocycles. The van der Waals surface area contributed by atoms with Crippen LogP contribution in [0.1, 0.15) is 12.5 Å². The van der Waals surface area contributed by atoms with Crippen molar-refractivity contribution in [2.45, 2.75) is 13.8 Å². The first-order chi connectivity index (χ1) is 10.1. The fraction of sp³-hybridized carbons (Fsp3) is 0.375. The van der Waals surface area contributed by atoms with E-state index in [1.54, 1.807) is 6.20 Å². The average molecular weight is 285 g/mol. The van der Waals surface area contributed by atoms with Crippen LogP contribution in [0.5, 0.6) is 5.75 Å². The highest BCUT2D eigenvalue weighted by atomic mass is 16.5. The maximum Gasteiger partial charge on any atom is 0.142 e. The third kappa shape index (κ3) is 2.97. The summed E-state index contributed by atoms with van der Waals surface area (Å²) in [6.45, 7) is 6.40. The molecule has 0 spiro atoms. The minimum absolute atomic E-state index is 0.143. The number of nitrogens with two attached hydrogens (primary N) is 1. The van der Waals surface area contributed by atoms with Gasteiger partial charge in [0.2, 0.25) is 0 Å². The number of anilines is 1. The van der Waals surface area contributed by atoms with E-state index in [0.29, 0.717) is 12.4 Å². The summed E-state index contributed by atoms with van der Waals surface area (Å²) < 4.78 is 11.2. The first kappa shape index (κ1) is 13.8. The minimum atomic E-state index is 0.143. The lowest BCUT2D eigenvalue weighted by Crippen LogP contribution is -2.44. The van der Waals surface area contributed by atoms with Crippen molar-refractivity contribution in [3.63, 3.8) is 0 Å². The predicted molar refractivity (Wildman–Crippen MR) is 81.0 cm³/mol. The Morgan fingerprint density at radius 1 is 1.33 bits per heavy atom. The Bertz CT molecular complexity index is 654. The molecule has 0 radical (unpaired) electrons. The van der Waals surface area contributed by atoms with Gasteiger partial charge in [0.1, 0.15) is 11.6 Å². The van der Waals surface area contributed by atoms with Crippen LogP contribution in [0, 0.1) is 12.3 Å². The summed E-state index contributed by atoms with van der Waals surface area (Å²) in [7, 11) is 0. The summed E-state index contributed by atoms with van der Waals surface area (Å²) in [5.41, 5.74) is 8.64. The van der Waals surface area contributed by atoms with Crippen molar-refractivity contribution in [2.24, 2.45) is 5.41 Å². The Hall–Kier alpha value is -2.14. The minimum Gasteiger partial charge on any atom is -0.493 e. The van der Waals surface area contributed by atoms with Gasteiger partial charge >= 0.3 is 0 Å². The van der Waals surface area contributed by atoms with Crippen LogP contribution in [0.15, 0.2) is 30.6 Å². The van der Waals surface area contributed by atoms with E-state index in [2.05, 4.69) is 16.9 Å². The molecule has 3 rings (SSSR count). The normalized spacial score (nSPS) is 16.3. The van der Waals surface area contributed by atoms with E-state index in [1.165, 1.54) is 6.20 Å². The first-order valence-electron chi connectivity index (χ1n) is 6.95. The van der Waals surface area contributed by atoms with Crippen molar-refractivity contribution in [3.05, 3.63) is 36.2 Å². The zero-order chi connectivity index (χ0) is 14.9. The zero-order valence-corrected chi connectivity index (χ0v) is 12.3.